The van der Waals surface area contributed by atoms with Crippen molar-refractivity contribution >= 4 is 40.8 Å². The van der Waals surface area contributed by atoms with Crippen LogP contribution in [0.2, 0.25) is 10.0 Å². The number of methoxy groups -OCH3 is 2. The topological polar surface area (TPSA) is 96.9 Å². The summed E-state index contributed by atoms with van der Waals surface area (Å²) >= 11 is 11.8. The zero-order valence-electron chi connectivity index (χ0n) is 16.0. The molecule has 9 heteroatoms. The average Bonchev–Trinajstić information content (AvgIpc) is 2.69. The first-order chi connectivity index (χ1) is 13.8. The van der Waals surface area contributed by atoms with Crippen molar-refractivity contribution in [3.8, 4) is 11.5 Å². The van der Waals surface area contributed by atoms with E-state index < -0.39 is 17.9 Å². The standard InChI is InChI=1S/C20H22Cl2N2O5/c1-28-17-6-3-12(9-18(17)29-2)7-8-23-16(20(26)27)11-19(25)24-15-5-4-13(21)10-14(15)22/h3-6,9-10,16,23H,7-8,11H2,1-2H3,(H,24,25)(H,26,27). The van der Waals surface area contributed by atoms with Crippen molar-refractivity contribution in [1.82, 2.24) is 5.32 Å². The summed E-state index contributed by atoms with van der Waals surface area (Å²) in [5.74, 6) is -0.376. The highest BCUT2D eigenvalue weighted by Gasteiger charge is 2.21. The number of carboxylic acid groups (broad SMARTS) is 1. The van der Waals surface area contributed by atoms with Crippen molar-refractivity contribution in [2.75, 3.05) is 26.1 Å². The second-order valence-corrected chi connectivity index (χ2v) is 7.00. The zero-order chi connectivity index (χ0) is 21.4. The number of ether oxygens (including phenoxy) is 2. The van der Waals surface area contributed by atoms with Gasteiger partial charge < -0.3 is 25.2 Å². The smallest absolute Gasteiger partial charge is 0.321 e. The Morgan fingerprint density at radius 3 is 2.41 bits per heavy atom. The second-order valence-electron chi connectivity index (χ2n) is 6.16. The molecule has 0 bridgehead atoms. The molecule has 7 nitrogen and oxygen atoms in total. The van der Waals surface area contributed by atoms with Crippen LogP contribution in [0.3, 0.4) is 0 Å². The van der Waals surface area contributed by atoms with E-state index in [4.69, 9.17) is 32.7 Å². The van der Waals surface area contributed by atoms with E-state index in [9.17, 15) is 14.7 Å². The maximum absolute atomic E-state index is 12.2. The number of amides is 1. The lowest BCUT2D eigenvalue weighted by Crippen LogP contribution is -2.40. The van der Waals surface area contributed by atoms with E-state index in [1.807, 2.05) is 12.1 Å². The van der Waals surface area contributed by atoms with Gasteiger partial charge in [-0.3, -0.25) is 9.59 Å². The molecule has 2 rings (SSSR count). The SMILES string of the molecule is COc1ccc(CCNC(CC(=O)Nc2ccc(Cl)cc2Cl)C(=O)O)cc1OC. The number of carbonyl (C=O) groups excluding carboxylic acids is 1. The Bertz CT molecular complexity index is 876. The fraction of sp³-hybridized carbons (Fsp3) is 0.300. The number of hydrogen-bond acceptors (Lipinski definition) is 5. The van der Waals surface area contributed by atoms with Crippen LogP contribution < -0.4 is 20.1 Å². The Kier molecular flexibility index (Phi) is 8.57. The van der Waals surface area contributed by atoms with Crippen LogP contribution in [-0.2, 0) is 16.0 Å². The van der Waals surface area contributed by atoms with E-state index in [1.165, 1.54) is 6.07 Å². The molecule has 0 aliphatic heterocycles. The first-order valence-corrected chi connectivity index (χ1v) is 9.51. The van der Waals surface area contributed by atoms with Gasteiger partial charge >= 0.3 is 5.97 Å². The Morgan fingerprint density at radius 2 is 1.79 bits per heavy atom. The average molecular weight is 441 g/mol. The number of rotatable bonds is 10. The van der Waals surface area contributed by atoms with E-state index in [1.54, 1.807) is 32.4 Å². The van der Waals surface area contributed by atoms with Crippen LogP contribution in [0.1, 0.15) is 12.0 Å². The van der Waals surface area contributed by atoms with E-state index in [2.05, 4.69) is 10.6 Å². The summed E-state index contributed by atoms with van der Waals surface area (Å²) in [6.07, 6.45) is 0.301. The number of hydrogen-bond donors (Lipinski definition) is 3. The van der Waals surface area contributed by atoms with Gasteiger partial charge in [-0.2, -0.15) is 0 Å². The van der Waals surface area contributed by atoms with Crippen LogP contribution in [0.4, 0.5) is 5.69 Å². The summed E-state index contributed by atoms with van der Waals surface area (Å²) in [4.78, 5) is 23.7. The molecule has 0 saturated heterocycles. The zero-order valence-corrected chi connectivity index (χ0v) is 17.5. The number of anilines is 1. The molecule has 0 aliphatic rings. The highest BCUT2D eigenvalue weighted by molar-refractivity contribution is 6.36. The van der Waals surface area contributed by atoms with Crippen LogP contribution in [0.15, 0.2) is 36.4 Å². The van der Waals surface area contributed by atoms with Crippen molar-refractivity contribution < 1.29 is 24.2 Å². The summed E-state index contributed by atoms with van der Waals surface area (Å²) in [6, 6.07) is 9.07. The number of nitrogens with one attached hydrogen (secondary N) is 2. The maximum Gasteiger partial charge on any atom is 0.321 e. The van der Waals surface area contributed by atoms with Crippen LogP contribution in [0.5, 0.6) is 11.5 Å². The van der Waals surface area contributed by atoms with Crippen molar-refractivity contribution in [2.45, 2.75) is 18.9 Å². The molecule has 0 radical (unpaired) electrons. The molecule has 0 aliphatic carbocycles. The summed E-state index contributed by atoms with van der Waals surface area (Å²) in [5, 5.41) is 15.6. The maximum atomic E-state index is 12.2. The van der Waals surface area contributed by atoms with Gasteiger partial charge in [0.05, 0.1) is 31.4 Å². The van der Waals surface area contributed by atoms with Crippen molar-refractivity contribution in [2.24, 2.45) is 0 Å². The summed E-state index contributed by atoms with van der Waals surface area (Å²) in [6.45, 7) is 0.363. The normalized spacial score (nSPS) is 11.6. The molecular formula is C20H22Cl2N2O5. The van der Waals surface area contributed by atoms with Gasteiger partial charge in [-0.1, -0.05) is 29.3 Å². The first-order valence-electron chi connectivity index (χ1n) is 8.76. The van der Waals surface area contributed by atoms with Crippen LogP contribution in [-0.4, -0.2) is 43.8 Å². The molecule has 1 amide bonds. The summed E-state index contributed by atoms with van der Waals surface area (Å²) < 4.78 is 10.5. The van der Waals surface area contributed by atoms with Crippen molar-refractivity contribution in [3.63, 3.8) is 0 Å². The van der Waals surface area contributed by atoms with E-state index >= 15 is 0 Å². The molecule has 0 aromatic heterocycles. The molecule has 2 aromatic carbocycles. The Morgan fingerprint density at radius 1 is 1.07 bits per heavy atom. The molecular weight excluding hydrogens is 419 g/mol. The number of benzene rings is 2. The van der Waals surface area contributed by atoms with Crippen molar-refractivity contribution in [3.05, 3.63) is 52.0 Å². The minimum absolute atomic E-state index is 0.250. The molecule has 1 atom stereocenters. The Balaban J connectivity index is 1.91. The van der Waals surface area contributed by atoms with Gasteiger partial charge in [-0.05, 0) is 48.9 Å². The molecule has 0 spiro atoms. The lowest BCUT2D eigenvalue weighted by Gasteiger charge is -2.15. The third kappa shape index (κ3) is 6.81. The van der Waals surface area contributed by atoms with Crippen LogP contribution in [0.25, 0.3) is 0 Å². The van der Waals surface area contributed by atoms with Crippen LogP contribution in [0, 0.1) is 0 Å². The minimum Gasteiger partial charge on any atom is -0.493 e. The Labute approximate surface area is 178 Å². The van der Waals surface area contributed by atoms with Gasteiger partial charge in [0.25, 0.3) is 0 Å². The molecule has 0 saturated carbocycles. The predicted octanol–water partition coefficient (Wildman–Crippen LogP) is 3.62. The fourth-order valence-electron chi connectivity index (χ4n) is 2.65. The van der Waals surface area contributed by atoms with E-state index in [0.29, 0.717) is 35.2 Å². The number of halogens is 2. The molecule has 0 fully saturated rings. The van der Waals surface area contributed by atoms with Gasteiger partial charge in [0.1, 0.15) is 6.04 Å². The summed E-state index contributed by atoms with van der Waals surface area (Å²) in [5.41, 5.74) is 1.31. The van der Waals surface area contributed by atoms with Gasteiger partial charge in [0.2, 0.25) is 5.91 Å². The highest BCUT2D eigenvalue weighted by atomic mass is 35.5. The molecule has 0 heterocycles. The van der Waals surface area contributed by atoms with E-state index in [-0.39, 0.29) is 11.4 Å². The second kappa shape index (κ2) is 10.9. The van der Waals surface area contributed by atoms with Gasteiger partial charge in [0.15, 0.2) is 11.5 Å². The van der Waals surface area contributed by atoms with Gasteiger partial charge in [-0.25, -0.2) is 0 Å². The highest BCUT2D eigenvalue weighted by Crippen LogP contribution is 2.28. The molecule has 1 unspecified atom stereocenters. The van der Waals surface area contributed by atoms with Crippen LogP contribution >= 0.6 is 23.2 Å². The third-order valence-electron chi connectivity index (χ3n) is 4.15. The summed E-state index contributed by atoms with van der Waals surface area (Å²) in [7, 11) is 3.10. The van der Waals surface area contributed by atoms with Gasteiger partial charge in [-0.15, -0.1) is 0 Å². The fourth-order valence-corrected chi connectivity index (χ4v) is 3.11. The Hall–Kier alpha value is -2.48. The molecule has 156 valence electrons. The molecule has 3 N–H and O–H groups in total. The monoisotopic (exact) mass is 440 g/mol. The minimum atomic E-state index is -1.12. The molecule has 2 aromatic rings. The molecule has 29 heavy (non-hydrogen) atoms. The lowest BCUT2D eigenvalue weighted by atomic mass is 10.1. The quantitative estimate of drug-likeness (QED) is 0.521. The third-order valence-corrected chi connectivity index (χ3v) is 4.69. The lowest BCUT2D eigenvalue weighted by molar-refractivity contribution is -0.141. The number of carboxylic acids is 1. The first kappa shape index (κ1) is 22.8. The predicted molar refractivity (Wildman–Crippen MR) is 112 cm³/mol. The number of aliphatic carboxylic acids is 1. The van der Waals surface area contributed by atoms with Crippen molar-refractivity contribution in [1.29, 1.82) is 0 Å². The van der Waals surface area contributed by atoms with E-state index in [0.717, 1.165) is 5.56 Å². The van der Waals surface area contributed by atoms with Gasteiger partial charge in [0, 0.05) is 5.02 Å². The number of carbonyl (C=O) groups is 2. The largest absolute Gasteiger partial charge is 0.493 e.